The van der Waals surface area contributed by atoms with Gasteiger partial charge in [-0.15, -0.1) is 0 Å². The number of likely N-dealkylation sites (tertiary alicyclic amines) is 1. The van der Waals surface area contributed by atoms with E-state index in [9.17, 15) is 0 Å². The maximum absolute atomic E-state index is 6.45. The van der Waals surface area contributed by atoms with Crippen molar-refractivity contribution in [1.82, 2.24) is 4.90 Å². The summed E-state index contributed by atoms with van der Waals surface area (Å²) >= 11 is 0. The third-order valence-corrected chi connectivity index (χ3v) is 4.53. The molecule has 1 aromatic rings. The van der Waals surface area contributed by atoms with Gasteiger partial charge in [0.15, 0.2) is 0 Å². The minimum Gasteiger partial charge on any atom is -0.378 e. The number of aryl methyl sites for hydroxylation is 1. The minimum absolute atomic E-state index is 0.190. The second kappa shape index (κ2) is 7.92. The van der Waals surface area contributed by atoms with Crippen molar-refractivity contribution < 1.29 is 4.74 Å². The summed E-state index contributed by atoms with van der Waals surface area (Å²) in [5, 5.41) is 0. The van der Waals surface area contributed by atoms with E-state index in [1.165, 1.54) is 11.1 Å². The number of hydrogen-bond acceptors (Lipinski definition) is 3. The first-order chi connectivity index (χ1) is 10.2. The second-order valence-electron chi connectivity index (χ2n) is 6.12. The summed E-state index contributed by atoms with van der Waals surface area (Å²) in [6.45, 7) is 9.39. The van der Waals surface area contributed by atoms with E-state index in [0.29, 0.717) is 12.1 Å². The zero-order valence-corrected chi connectivity index (χ0v) is 13.7. The average molecular weight is 290 g/mol. The molecular weight excluding hydrogens is 260 g/mol. The molecule has 0 saturated carbocycles. The van der Waals surface area contributed by atoms with Crippen LogP contribution in [-0.4, -0.2) is 36.7 Å². The van der Waals surface area contributed by atoms with Gasteiger partial charge in [-0.05, 0) is 38.7 Å². The Morgan fingerprint density at radius 3 is 2.57 bits per heavy atom. The maximum atomic E-state index is 6.45. The van der Waals surface area contributed by atoms with Gasteiger partial charge >= 0.3 is 0 Å². The third-order valence-electron chi connectivity index (χ3n) is 4.53. The molecule has 1 aliphatic heterocycles. The molecule has 1 aromatic carbocycles. The number of benzene rings is 1. The Hall–Kier alpha value is -0.900. The van der Waals surface area contributed by atoms with Crippen molar-refractivity contribution in [3.63, 3.8) is 0 Å². The lowest BCUT2D eigenvalue weighted by molar-refractivity contribution is 0.000340. The SMILES string of the molecule is CCOC1CCN(C(c2cccc(C)c2)C(N)CC)CC1. The van der Waals surface area contributed by atoms with E-state index in [0.717, 1.165) is 39.0 Å². The van der Waals surface area contributed by atoms with Gasteiger partial charge < -0.3 is 10.5 Å². The molecule has 21 heavy (non-hydrogen) atoms. The van der Waals surface area contributed by atoms with Crippen LogP contribution in [0.15, 0.2) is 24.3 Å². The molecule has 2 rings (SSSR count). The zero-order valence-electron chi connectivity index (χ0n) is 13.7. The van der Waals surface area contributed by atoms with Crippen molar-refractivity contribution in [2.75, 3.05) is 19.7 Å². The first-order valence-electron chi connectivity index (χ1n) is 8.33. The summed E-state index contributed by atoms with van der Waals surface area (Å²) in [6, 6.07) is 9.33. The molecule has 118 valence electrons. The van der Waals surface area contributed by atoms with Crippen molar-refractivity contribution in [1.29, 1.82) is 0 Å². The van der Waals surface area contributed by atoms with Gasteiger partial charge in [-0.1, -0.05) is 36.8 Å². The standard InChI is InChI=1S/C18H30N2O/c1-4-17(19)18(15-8-6-7-14(3)13-15)20-11-9-16(10-12-20)21-5-2/h6-8,13,16-18H,4-5,9-12,19H2,1-3H3. The van der Waals surface area contributed by atoms with Crippen molar-refractivity contribution in [2.24, 2.45) is 5.73 Å². The van der Waals surface area contributed by atoms with Crippen LogP contribution in [0.2, 0.25) is 0 Å². The van der Waals surface area contributed by atoms with E-state index in [4.69, 9.17) is 10.5 Å². The fourth-order valence-corrected chi connectivity index (χ4v) is 3.36. The highest BCUT2D eigenvalue weighted by atomic mass is 16.5. The molecule has 0 aliphatic carbocycles. The highest BCUT2D eigenvalue weighted by Gasteiger charge is 2.29. The molecule has 3 heteroatoms. The van der Waals surface area contributed by atoms with Crippen LogP contribution in [-0.2, 0) is 4.74 Å². The van der Waals surface area contributed by atoms with Crippen molar-refractivity contribution >= 4 is 0 Å². The van der Waals surface area contributed by atoms with Crippen molar-refractivity contribution in [3.8, 4) is 0 Å². The van der Waals surface area contributed by atoms with Crippen LogP contribution >= 0.6 is 0 Å². The number of piperidine rings is 1. The Balaban J connectivity index is 2.11. The summed E-state index contributed by atoms with van der Waals surface area (Å²) in [5.41, 5.74) is 9.12. The smallest absolute Gasteiger partial charge is 0.0599 e. The largest absolute Gasteiger partial charge is 0.378 e. The van der Waals surface area contributed by atoms with Crippen LogP contribution < -0.4 is 5.73 Å². The van der Waals surface area contributed by atoms with E-state index >= 15 is 0 Å². The number of hydrogen-bond donors (Lipinski definition) is 1. The lowest BCUT2D eigenvalue weighted by atomic mass is 9.93. The molecular formula is C18H30N2O. The van der Waals surface area contributed by atoms with Gasteiger partial charge in [-0.3, -0.25) is 4.90 Å². The average Bonchev–Trinajstić information content (AvgIpc) is 2.49. The van der Waals surface area contributed by atoms with Crippen molar-refractivity contribution in [2.45, 2.75) is 58.2 Å². The first-order valence-corrected chi connectivity index (χ1v) is 8.33. The Kier molecular flexibility index (Phi) is 6.22. The molecule has 0 amide bonds. The predicted octanol–water partition coefficient (Wildman–Crippen LogP) is 3.27. The molecule has 0 bridgehead atoms. The van der Waals surface area contributed by atoms with Gasteiger partial charge in [0, 0.05) is 31.8 Å². The molecule has 2 atom stereocenters. The van der Waals surface area contributed by atoms with E-state index in [1.807, 2.05) is 0 Å². The van der Waals surface area contributed by atoms with Crippen LogP contribution in [0.4, 0.5) is 0 Å². The Labute approximate surface area is 129 Å². The van der Waals surface area contributed by atoms with Crippen molar-refractivity contribution in [3.05, 3.63) is 35.4 Å². The molecule has 3 nitrogen and oxygen atoms in total. The highest BCUT2D eigenvalue weighted by Crippen LogP contribution is 2.29. The Bertz CT molecular complexity index is 427. The molecule has 0 aromatic heterocycles. The quantitative estimate of drug-likeness (QED) is 0.874. The summed E-state index contributed by atoms with van der Waals surface area (Å²) in [5.74, 6) is 0. The fraction of sp³-hybridized carbons (Fsp3) is 0.667. The molecule has 0 radical (unpaired) electrons. The van der Waals surface area contributed by atoms with Crippen LogP contribution in [0.3, 0.4) is 0 Å². The molecule has 1 saturated heterocycles. The predicted molar refractivity (Wildman–Crippen MR) is 88.4 cm³/mol. The third kappa shape index (κ3) is 4.29. The minimum atomic E-state index is 0.190. The molecule has 2 N–H and O–H groups in total. The maximum Gasteiger partial charge on any atom is 0.0599 e. The highest BCUT2D eigenvalue weighted by molar-refractivity contribution is 5.26. The molecule has 0 spiro atoms. The lowest BCUT2D eigenvalue weighted by Crippen LogP contribution is -2.46. The number of nitrogens with two attached hydrogens (primary N) is 1. The van der Waals surface area contributed by atoms with Gasteiger partial charge in [-0.25, -0.2) is 0 Å². The Morgan fingerprint density at radius 2 is 2.00 bits per heavy atom. The summed E-state index contributed by atoms with van der Waals surface area (Å²) < 4.78 is 5.76. The van der Waals surface area contributed by atoms with Gasteiger partial charge in [0.05, 0.1) is 6.10 Å². The molecule has 1 fully saturated rings. The number of ether oxygens (including phenoxy) is 1. The second-order valence-corrected chi connectivity index (χ2v) is 6.12. The van der Waals surface area contributed by atoms with Crippen LogP contribution in [0.5, 0.6) is 0 Å². The van der Waals surface area contributed by atoms with Crippen LogP contribution in [0.1, 0.15) is 50.3 Å². The molecule has 1 heterocycles. The summed E-state index contributed by atoms with van der Waals surface area (Å²) in [4.78, 5) is 2.55. The molecule has 1 aliphatic rings. The summed E-state index contributed by atoms with van der Waals surface area (Å²) in [7, 11) is 0. The van der Waals surface area contributed by atoms with Crippen LogP contribution in [0, 0.1) is 6.92 Å². The zero-order chi connectivity index (χ0) is 15.2. The fourth-order valence-electron chi connectivity index (χ4n) is 3.36. The van der Waals surface area contributed by atoms with E-state index in [1.54, 1.807) is 0 Å². The lowest BCUT2D eigenvalue weighted by Gasteiger charge is -2.40. The first kappa shape index (κ1) is 16.5. The monoisotopic (exact) mass is 290 g/mol. The van der Waals surface area contributed by atoms with Gasteiger partial charge in [0.1, 0.15) is 0 Å². The van der Waals surface area contributed by atoms with E-state index in [2.05, 4.69) is 49.9 Å². The normalized spacial score (nSPS) is 20.4. The van der Waals surface area contributed by atoms with Gasteiger partial charge in [-0.2, -0.15) is 0 Å². The summed E-state index contributed by atoms with van der Waals surface area (Å²) in [6.07, 6.45) is 3.67. The van der Waals surface area contributed by atoms with E-state index in [-0.39, 0.29) is 6.04 Å². The van der Waals surface area contributed by atoms with Gasteiger partial charge in [0.2, 0.25) is 0 Å². The topological polar surface area (TPSA) is 38.5 Å². The Morgan fingerprint density at radius 1 is 1.29 bits per heavy atom. The molecule has 2 unspecified atom stereocenters. The number of nitrogens with zero attached hydrogens (tertiary/aromatic N) is 1. The van der Waals surface area contributed by atoms with E-state index < -0.39 is 0 Å². The number of rotatable bonds is 6. The van der Waals surface area contributed by atoms with Crippen LogP contribution in [0.25, 0.3) is 0 Å². The van der Waals surface area contributed by atoms with Gasteiger partial charge in [0.25, 0.3) is 0 Å².